The molecule has 0 spiro atoms. The molecule has 1 aliphatic heterocycles. The number of hydrogen-bond acceptors (Lipinski definition) is 4. The van der Waals surface area contributed by atoms with Crippen molar-refractivity contribution >= 4 is 0 Å². The van der Waals surface area contributed by atoms with Crippen LogP contribution in [0.2, 0.25) is 0 Å². The number of aromatic nitrogens is 1. The highest BCUT2D eigenvalue weighted by Crippen LogP contribution is 2.46. The third kappa shape index (κ3) is 1.55. The third-order valence-electron chi connectivity index (χ3n) is 4.09. The first kappa shape index (κ1) is 11.7. The highest BCUT2D eigenvalue weighted by Gasteiger charge is 2.32. The van der Waals surface area contributed by atoms with Gasteiger partial charge in [-0.15, -0.1) is 0 Å². The molecule has 4 nitrogen and oxygen atoms in total. The number of aromatic hydroxyl groups is 1. The second-order valence-corrected chi connectivity index (χ2v) is 5.24. The quantitative estimate of drug-likeness (QED) is 0.864. The van der Waals surface area contributed by atoms with Crippen LogP contribution < -0.4 is 4.74 Å². The molecule has 102 valence electrons. The molecule has 1 N–H and O–H groups in total. The minimum absolute atomic E-state index is 0.219. The minimum Gasteiger partial charge on any atom is -0.508 e. The zero-order valence-corrected chi connectivity index (χ0v) is 11.2. The largest absolute Gasteiger partial charge is 0.508 e. The fourth-order valence-corrected chi connectivity index (χ4v) is 3.19. The third-order valence-corrected chi connectivity index (χ3v) is 4.09. The zero-order chi connectivity index (χ0) is 13.7. The smallest absolute Gasteiger partial charge is 0.228 e. The Morgan fingerprint density at radius 3 is 3.10 bits per heavy atom. The van der Waals surface area contributed by atoms with Crippen LogP contribution >= 0.6 is 0 Å². The summed E-state index contributed by atoms with van der Waals surface area (Å²) < 4.78 is 11.4. The number of aryl methyl sites for hydroxylation is 1. The standard InChI is InChI=1S/C16H15NO3/c1-19-16-14-11-4-2-3-9(11)8-17-15(14)12-7-10(18)5-6-13(12)20-16/h5-8,16,18H,2-4H2,1H3. The normalized spacial score (nSPS) is 18.9. The molecule has 1 atom stereocenters. The predicted octanol–water partition coefficient (Wildman–Crippen LogP) is 2.98. The molecule has 0 saturated heterocycles. The highest BCUT2D eigenvalue weighted by molar-refractivity contribution is 5.75. The van der Waals surface area contributed by atoms with Crippen LogP contribution in [-0.4, -0.2) is 17.2 Å². The second-order valence-electron chi connectivity index (χ2n) is 5.24. The molecular formula is C16H15NO3. The van der Waals surface area contributed by atoms with Gasteiger partial charge >= 0.3 is 0 Å². The van der Waals surface area contributed by atoms with Crippen LogP contribution in [0, 0.1) is 0 Å². The second kappa shape index (κ2) is 4.21. The lowest BCUT2D eigenvalue weighted by Crippen LogP contribution is -2.19. The lowest BCUT2D eigenvalue weighted by atomic mass is 9.95. The molecule has 0 fully saturated rings. The van der Waals surface area contributed by atoms with Gasteiger partial charge in [-0.05, 0) is 48.6 Å². The summed E-state index contributed by atoms with van der Waals surface area (Å²) in [7, 11) is 1.65. The van der Waals surface area contributed by atoms with Crippen molar-refractivity contribution in [3.05, 3.63) is 41.1 Å². The van der Waals surface area contributed by atoms with Gasteiger partial charge in [-0.3, -0.25) is 4.98 Å². The minimum atomic E-state index is -0.414. The molecule has 2 aromatic rings. The van der Waals surface area contributed by atoms with Crippen molar-refractivity contribution in [2.75, 3.05) is 7.11 Å². The summed E-state index contributed by atoms with van der Waals surface area (Å²) in [6, 6.07) is 5.08. The van der Waals surface area contributed by atoms with E-state index in [0.717, 1.165) is 36.1 Å². The molecule has 2 aliphatic rings. The molecule has 1 aromatic carbocycles. The summed E-state index contributed by atoms with van der Waals surface area (Å²) in [5, 5.41) is 9.72. The molecule has 1 unspecified atom stereocenters. The molecular weight excluding hydrogens is 254 g/mol. The Morgan fingerprint density at radius 2 is 2.25 bits per heavy atom. The number of hydrogen-bond donors (Lipinski definition) is 1. The van der Waals surface area contributed by atoms with E-state index < -0.39 is 6.29 Å². The maximum Gasteiger partial charge on any atom is 0.228 e. The van der Waals surface area contributed by atoms with Gasteiger partial charge in [0.15, 0.2) is 0 Å². The first-order valence-electron chi connectivity index (χ1n) is 6.81. The number of methoxy groups -OCH3 is 1. The lowest BCUT2D eigenvalue weighted by molar-refractivity contribution is -0.0586. The van der Waals surface area contributed by atoms with Gasteiger partial charge in [0.05, 0.1) is 11.3 Å². The Hall–Kier alpha value is -2.07. The van der Waals surface area contributed by atoms with Crippen molar-refractivity contribution in [3.63, 3.8) is 0 Å². The number of phenolic OH excluding ortho intramolecular Hbond substituents is 1. The SMILES string of the molecule is COC1Oc2ccc(O)cc2-c2ncc3c(c21)CCC3. The van der Waals surface area contributed by atoms with Gasteiger partial charge in [0.1, 0.15) is 11.5 Å². The Bertz CT molecular complexity index is 696. The predicted molar refractivity (Wildman–Crippen MR) is 73.7 cm³/mol. The Labute approximate surface area is 117 Å². The number of fused-ring (bicyclic) bond motifs is 5. The van der Waals surface area contributed by atoms with Crippen molar-refractivity contribution in [1.82, 2.24) is 4.98 Å². The molecule has 0 bridgehead atoms. The molecule has 0 radical (unpaired) electrons. The Kier molecular flexibility index (Phi) is 2.47. The summed E-state index contributed by atoms with van der Waals surface area (Å²) in [6.45, 7) is 0. The van der Waals surface area contributed by atoms with E-state index in [-0.39, 0.29) is 5.75 Å². The molecule has 4 rings (SSSR count). The Balaban J connectivity index is 2.00. The van der Waals surface area contributed by atoms with E-state index >= 15 is 0 Å². The zero-order valence-electron chi connectivity index (χ0n) is 11.2. The summed E-state index contributed by atoms with van der Waals surface area (Å²) in [4.78, 5) is 4.60. The van der Waals surface area contributed by atoms with E-state index in [1.807, 2.05) is 6.20 Å². The van der Waals surface area contributed by atoms with Crippen LogP contribution in [0.4, 0.5) is 0 Å². The van der Waals surface area contributed by atoms with Gasteiger partial charge in [-0.2, -0.15) is 0 Å². The number of rotatable bonds is 1. The molecule has 0 amide bonds. The van der Waals surface area contributed by atoms with Crippen LogP contribution in [0.5, 0.6) is 11.5 Å². The van der Waals surface area contributed by atoms with E-state index in [0.29, 0.717) is 5.75 Å². The topological polar surface area (TPSA) is 51.6 Å². The molecule has 4 heteroatoms. The monoisotopic (exact) mass is 269 g/mol. The summed E-state index contributed by atoms with van der Waals surface area (Å²) in [6.07, 6.45) is 4.79. The number of benzene rings is 1. The average molecular weight is 269 g/mol. The van der Waals surface area contributed by atoms with Crippen LogP contribution in [0.15, 0.2) is 24.4 Å². The number of nitrogens with zero attached hydrogens (tertiary/aromatic N) is 1. The van der Waals surface area contributed by atoms with E-state index in [1.165, 1.54) is 11.1 Å². The molecule has 1 aliphatic carbocycles. The van der Waals surface area contributed by atoms with Crippen molar-refractivity contribution < 1.29 is 14.6 Å². The van der Waals surface area contributed by atoms with Gasteiger partial charge in [-0.25, -0.2) is 0 Å². The van der Waals surface area contributed by atoms with Gasteiger partial charge in [0.2, 0.25) is 6.29 Å². The number of ether oxygens (including phenoxy) is 2. The van der Waals surface area contributed by atoms with E-state index in [9.17, 15) is 5.11 Å². The lowest BCUT2D eigenvalue weighted by Gasteiger charge is -2.28. The van der Waals surface area contributed by atoms with Crippen molar-refractivity contribution in [2.24, 2.45) is 0 Å². The fraction of sp³-hybridized carbons (Fsp3) is 0.312. The van der Waals surface area contributed by atoms with Gasteiger partial charge < -0.3 is 14.6 Å². The Morgan fingerprint density at radius 1 is 1.35 bits per heavy atom. The van der Waals surface area contributed by atoms with Crippen molar-refractivity contribution in [1.29, 1.82) is 0 Å². The van der Waals surface area contributed by atoms with Crippen LogP contribution in [0.3, 0.4) is 0 Å². The van der Waals surface area contributed by atoms with Crippen molar-refractivity contribution in [2.45, 2.75) is 25.6 Å². The summed E-state index contributed by atoms with van der Waals surface area (Å²) in [5.74, 6) is 0.920. The van der Waals surface area contributed by atoms with E-state index in [4.69, 9.17) is 9.47 Å². The van der Waals surface area contributed by atoms with Gasteiger partial charge in [0, 0.05) is 18.9 Å². The number of phenols is 1. The summed E-state index contributed by atoms with van der Waals surface area (Å²) >= 11 is 0. The maximum absolute atomic E-state index is 9.72. The number of pyridine rings is 1. The molecule has 0 saturated carbocycles. The molecule has 1 aromatic heterocycles. The van der Waals surface area contributed by atoms with Gasteiger partial charge in [-0.1, -0.05) is 0 Å². The van der Waals surface area contributed by atoms with Gasteiger partial charge in [0.25, 0.3) is 0 Å². The highest BCUT2D eigenvalue weighted by atomic mass is 16.7. The first-order chi connectivity index (χ1) is 9.78. The molecule has 20 heavy (non-hydrogen) atoms. The first-order valence-corrected chi connectivity index (χ1v) is 6.81. The van der Waals surface area contributed by atoms with Crippen LogP contribution in [0.1, 0.15) is 29.4 Å². The van der Waals surface area contributed by atoms with E-state index in [2.05, 4.69) is 4.98 Å². The maximum atomic E-state index is 9.72. The fourth-order valence-electron chi connectivity index (χ4n) is 3.19. The molecule has 2 heterocycles. The van der Waals surface area contributed by atoms with E-state index in [1.54, 1.807) is 25.3 Å². The van der Waals surface area contributed by atoms with Crippen molar-refractivity contribution in [3.8, 4) is 22.8 Å². The van der Waals surface area contributed by atoms with Crippen LogP contribution in [0.25, 0.3) is 11.3 Å². The summed E-state index contributed by atoms with van der Waals surface area (Å²) in [5.41, 5.74) is 5.33. The van der Waals surface area contributed by atoms with Crippen LogP contribution in [-0.2, 0) is 17.6 Å². The average Bonchev–Trinajstić information content (AvgIpc) is 2.94.